The first-order valence-electron chi connectivity index (χ1n) is 5.44. The second-order valence-electron chi connectivity index (χ2n) is 3.89. The fourth-order valence-electron chi connectivity index (χ4n) is 1.75. The van der Waals surface area contributed by atoms with E-state index in [1.165, 1.54) is 0 Å². The summed E-state index contributed by atoms with van der Waals surface area (Å²) in [6.45, 7) is 3.02. The van der Waals surface area contributed by atoms with E-state index < -0.39 is 0 Å². The van der Waals surface area contributed by atoms with Gasteiger partial charge in [-0.2, -0.15) is 0 Å². The lowest BCUT2D eigenvalue weighted by Crippen LogP contribution is -2.41. The van der Waals surface area contributed by atoms with Crippen molar-refractivity contribution in [2.75, 3.05) is 26.3 Å². The third kappa shape index (κ3) is 2.73. The number of phenols is 1. The quantitative estimate of drug-likeness (QED) is 0.582. The molecule has 1 heterocycles. The first-order chi connectivity index (χ1) is 7.75. The van der Waals surface area contributed by atoms with Crippen molar-refractivity contribution in [2.45, 2.75) is 6.42 Å². The van der Waals surface area contributed by atoms with Crippen molar-refractivity contribution in [1.29, 1.82) is 5.41 Å². The van der Waals surface area contributed by atoms with Gasteiger partial charge in [-0.25, -0.2) is 0 Å². The average molecular weight is 220 g/mol. The van der Waals surface area contributed by atoms with Crippen LogP contribution in [0.3, 0.4) is 0 Å². The summed E-state index contributed by atoms with van der Waals surface area (Å²) in [7, 11) is 0. The summed E-state index contributed by atoms with van der Waals surface area (Å²) in [5, 5.41) is 17.1. The fraction of sp³-hybridized carbons (Fsp3) is 0.417. The molecule has 0 amide bonds. The summed E-state index contributed by atoms with van der Waals surface area (Å²) in [6.07, 6.45) is 0.611. The van der Waals surface area contributed by atoms with E-state index in [1.54, 1.807) is 12.1 Å². The highest BCUT2D eigenvalue weighted by molar-refractivity contribution is 5.81. The number of aromatic hydroxyl groups is 1. The van der Waals surface area contributed by atoms with Gasteiger partial charge in [0, 0.05) is 19.5 Å². The summed E-state index contributed by atoms with van der Waals surface area (Å²) in [6, 6.07) is 7.01. The van der Waals surface area contributed by atoms with Crippen LogP contribution in [0.2, 0.25) is 0 Å². The SMILES string of the molecule is N=C(Cc1ccc(O)cc1)N1CCOCC1. The summed E-state index contributed by atoms with van der Waals surface area (Å²) in [5.74, 6) is 0.885. The Morgan fingerprint density at radius 3 is 2.50 bits per heavy atom. The first-order valence-corrected chi connectivity index (χ1v) is 5.44. The van der Waals surface area contributed by atoms with Gasteiger partial charge in [0.15, 0.2) is 0 Å². The molecule has 0 atom stereocenters. The van der Waals surface area contributed by atoms with Gasteiger partial charge in [-0.05, 0) is 17.7 Å². The molecule has 0 unspecified atom stereocenters. The molecule has 0 radical (unpaired) electrons. The Hall–Kier alpha value is -1.55. The number of ether oxygens (including phenoxy) is 1. The Balaban J connectivity index is 1.93. The van der Waals surface area contributed by atoms with Crippen LogP contribution < -0.4 is 0 Å². The molecule has 1 aliphatic rings. The number of hydrogen-bond acceptors (Lipinski definition) is 3. The van der Waals surface area contributed by atoms with E-state index in [0.717, 1.165) is 18.7 Å². The van der Waals surface area contributed by atoms with Crippen LogP contribution in [0.25, 0.3) is 0 Å². The molecular formula is C12H16N2O2. The van der Waals surface area contributed by atoms with E-state index >= 15 is 0 Å². The molecule has 1 aromatic carbocycles. The molecule has 0 aromatic heterocycles. The van der Waals surface area contributed by atoms with Crippen LogP contribution in [-0.4, -0.2) is 42.1 Å². The largest absolute Gasteiger partial charge is 0.508 e. The lowest BCUT2D eigenvalue weighted by Gasteiger charge is -2.29. The molecule has 0 bridgehead atoms. The molecule has 1 aliphatic heterocycles. The molecular weight excluding hydrogens is 204 g/mol. The Morgan fingerprint density at radius 1 is 1.25 bits per heavy atom. The second kappa shape index (κ2) is 4.99. The molecule has 4 heteroatoms. The monoisotopic (exact) mass is 220 g/mol. The molecule has 1 fully saturated rings. The third-order valence-corrected chi connectivity index (χ3v) is 2.70. The van der Waals surface area contributed by atoms with Crippen molar-refractivity contribution < 1.29 is 9.84 Å². The molecule has 4 nitrogen and oxygen atoms in total. The van der Waals surface area contributed by atoms with Crippen molar-refractivity contribution >= 4 is 5.84 Å². The lowest BCUT2D eigenvalue weighted by molar-refractivity contribution is 0.0670. The van der Waals surface area contributed by atoms with Crippen LogP contribution in [0.15, 0.2) is 24.3 Å². The minimum absolute atomic E-state index is 0.265. The summed E-state index contributed by atoms with van der Waals surface area (Å²) in [5.41, 5.74) is 1.05. The van der Waals surface area contributed by atoms with Crippen molar-refractivity contribution in [3.63, 3.8) is 0 Å². The lowest BCUT2D eigenvalue weighted by atomic mass is 10.1. The number of morpholine rings is 1. The van der Waals surface area contributed by atoms with Gasteiger partial charge in [0.1, 0.15) is 11.6 Å². The number of phenolic OH excluding ortho intramolecular Hbond substituents is 1. The predicted octanol–water partition coefficient (Wildman–Crippen LogP) is 1.24. The van der Waals surface area contributed by atoms with Gasteiger partial charge in [-0.1, -0.05) is 12.1 Å². The van der Waals surface area contributed by atoms with Gasteiger partial charge in [0.05, 0.1) is 13.2 Å². The fourth-order valence-corrected chi connectivity index (χ4v) is 1.75. The standard InChI is InChI=1S/C12H16N2O2/c13-12(14-5-7-16-8-6-14)9-10-1-3-11(15)4-2-10/h1-4,13,15H,5-9H2. The van der Waals surface area contributed by atoms with Gasteiger partial charge in [0.2, 0.25) is 0 Å². The normalized spacial score (nSPS) is 16.1. The minimum Gasteiger partial charge on any atom is -0.508 e. The Labute approximate surface area is 95.0 Å². The van der Waals surface area contributed by atoms with Gasteiger partial charge < -0.3 is 14.7 Å². The van der Waals surface area contributed by atoms with Crippen LogP contribution >= 0.6 is 0 Å². The second-order valence-corrected chi connectivity index (χ2v) is 3.89. The highest BCUT2D eigenvalue weighted by Gasteiger charge is 2.13. The first kappa shape index (κ1) is 11.0. The van der Waals surface area contributed by atoms with Crippen LogP contribution in [0, 0.1) is 5.41 Å². The maximum absolute atomic E-state index is 9.16. The van der Waals surface area contributed by atoms with Crippen LogP contribution in [0.1, 0.15) is 5.56 Å². The number of nitrogens with one attached hydrogen (secondary N) is 1. The molecule has 16 heavy (non-hydrogen) atoms. The van der Waals surface area contributed by atoms with E-state index in [4.69, 9.17) is 15.3 Å². The highest BCUT2D eigenvalue weighted by Crippen LogP contribution is 2.11. The smallest absolute Gasteiger partial charge is 0.115 e. The van der Waals surface area contributed by atoms with E-state index in [0.29, 0.717) is 25.5 Å². The number of benzene rings is 1. The number of hydrogen-bond donors (Lipinski definition) is 2. The summed E-state index contributed by atoms with van der Waals surface area (Å²) >= 11 is 0. The van der Waals surface area contributed by atoms with E-state index in [1.807, 2.05) is 17.0 Å². The average Bonchev–Trinajstić information content (AvgIpc) is 2.33. The topological polar surface area (TPSA) is 56.5 Å². The van der Waals surface area contributed by atoms with Crippen molar-refractivity contribution in [3.8, 4) is 5.75 Å². The van der Waals surface area contributed by atoms with Crippen molar-refractivity contribution in [3.05, 3.63) is 29.8 Å². The summed E-state index contributed by atoms with van der Waals surface area (Å²) < 4.78 is 5.24. The van der Waals surface area contributed by atoms with E-state index in [2.05, 4.69) is 0 Å². The Bertz CT molecular complexity index is 356. The maximum atomic E-state index is 9.16. The zero-order chi connectivity index (χ0) is 11.4. The molecule has 86 valence electrons. The number of amidine groups is 1. The number of rotatable bonds is 2. The zero-order valence-corrected chi connectivity index (χ0v) is 9.15. The molecule has 1 aromatic rings. The minimum atomic E-state index is 0.265. The van der Waals surface area contributed by atoms with Crippen LogP contribution in [0.5, 0.6) is 5.75 Å². The van der Waals surface area contributed by atoms with E-state index in [9.17, 15) is 0 Å². The molecule has 0 aliphatic carbocycles. The van der Waals surface area contributed by atoms with Gasteiger partial charge in [0.25, 0.3) is 0 Å². The van der Waals surface area contributed by atoms with Crippen LogP contribution in [-0.2, 0) is 11.2 Å². The number of nitrogens with zero attached hydrogens (tertiary/aromatic N) is 1. The molecule has 0 spiro atoms. The third-order valence-electron chi connectivity index (χ3n) is 2.70. The molecule has 0 saturated carbocycles. The van der Waals surface area contributed by atoms with Gasteiger partial charge in [-0.15, -0.1) is 0 Å². The van der Waals surface area contributed by atoms with Crippen LogP contribution in [0.4, 0.5) is 0 Å². The Kier molecular flexibility index (Phi) is 3.41. The van der Waals surface area contributed by atoms with Gasteiger partial charge >= 0.3 is 0 Å². The Morgan fingerprint density at radius 2 is 1.88 bits per heavy atom. The van der Waals surface area contributed by atoms with Gasteiger partial charge in [-0.3, -0.25) is 5.41 Å². The molecule has 1 saturated heterocycles. The molecule has 2 rings (SSSR count). The highest BCUT2D eigenvalue weighted by atomic mass is 16.5. The predicted molar refractivity (Wildman–Crippen MR) is 61.9 cm³/mol. The summed E-state index contributed by atoms with van der Waals surface area (Å²) in [4.78, 5) is 2.04. The van der Waals surface area contributed by atoms with Crippen molar-refractivity contribution in [1.82, 2.24) is 4.90 Å². The molecule has 2 N–H and O–H groups in total. The zero-order valence-electron chi connectivity index (χ0n) is 9.15. The maximum Gasteiger partial charge on any atom is 0.115 e. The van der Waals surface area contributed by atoms with Crippen molar-refractivity contribution in [2.24, 2.45) is 0 Å². The van der Waals surface area contributed by atoms with E-state index in [-0.39, 0.29) is 5.75 Å².